The molecule has 3 N–H and O–H groups in total. The molecule has 7 nitrogen and oxygen atoms in total. The van der Waals surface area contributed by atoms with Gasteiger partial charge in [0, 0.05) is 24.6 Å². The standard InChI is InChI=1S/C20H20N4O3S/c1-15-5-2-3-7-19(15)24-28(26,27)18-10-8-17(9-11-18)23-20(25)22-14-16-6-4-12-21-13-16/h2-13,24H,14H2,1H3,(H2,22,23,25). The summed E-state index contributed by atoms with van der Waals surface area (Å²) in [4.78, 5) is 16.1. The van der Waals surface area contributed by atoms with Crippen LogP contribution in [0.1, 0.15) is 11.1 Å². The summed E-state index contributed by atoms with van der Waals surface area (Å²) in [6.07, 6.45) is 3.33. The summed E-state index contributed by atoms with van der Waals surface area (Å²) in [5.41, 5.74) is 2.72. The third-order valence-corrected chi connectivity index (χ3v) is 5.37. The summed E-state index contributed by atoms with van der Waals surface area (Å²) in [6, 6.07) is 16.4. The van der Waals surface area contributed by atoms with E-state index in [2.05, 4.69) is 20.3 Å². The Hall–Kier alpha value is -3.39. The third-order valence-electron chi connectivity index (χ3n) is 3.99. The molecular weight excluding hydrogens is 376 g/mol. The van der Waals surface area contributed by atoms with Gasteiger partial charge in [-0.1, -0.05) is 24.3 Å². The van der Waals surface area contributed by atoms with Gasteiger partial charge < -0.3 is 10.6 Å². The molecule has 0 atom stereocenters. The molecule has 1 heterocycles. The first-order valence-electron chi connectivity index (χ1n) is 8.56. The summed E-state index contributed by atoms with van der Waals surface area (Å²) in [5.74, 6) is 0. The lowest BCUT2D eigenvalue weighted by Gasteiger charge is -2.11. The molecule has 0 fully saturated rings. The minimum atomic E-state index is -3.71. The molecule has 2 amide bonds. The van der Waals surface area contributed by atoms with Gasteiger partial charge in [-0.2, -0.15) is 0 Å². The van der Waals surface area contributed by atoms with Crippen LogP contribution in [0.2, 0.25) is 0 Å². The minimum absolute atomic E-state index is 0.108. The van der Waals surface area contributed by atoms with Crippen molar-refractivity contribution in [2.75, 3.05) is 10.0 Å². The first kappa shape index (κ1) is 19.4. The Morgan fingerprint density at radius 3 is 2.43 bits per heavy atom. The molecular formula is C20H20N4O3S. The van der Waals surface area contributed by atoms with Crippen LogP contribution in [0.3, 0.4) is 0 Å². The summed E-state index contributed by atoms with van der Waals surface area (Å²) in [7, 11) is -3.71. The number of aromatic nitrogens is 1. The number of pyridine rings is 1. The topological polar surface area (TPSA) is 100 Å². The number of amides is 2. The number of benzene rings is 2. The SMILES string of the molecule is Cc1ccccc1NS(=O)(=O)c1ccc(NC(=O)NCc2cccnc2)cc1. The average molecular weight is 396 g/mol. The third kappa shape index (κ3) is 5.08. The van der Waals surface area contributed by atoms with E-state index in [1.54, 1.807) is 30.6 Å². The molecule has 1 aromatic heterocycles. The smallest absolute Gasteiger partial charge is 0.319 e. The lowest BCUT2D eigenvalue weighted by atomic mass is 10.2. The predicted molar refractivity (Wildman–Crippen MR) is 109 cm³/mol. The highest BCUT2D eigenvalue weighted by atomic mass is 32.2. The van der Waals surface area contributed by atoms with Gasteiger partial charge in [-0.3, -0.25) is 9.71 Å². The fraction of sp³-hybridized carbons (Fsp3) is 0.100. The number of urea groups is 1. The van der Waals surface area contributed by atoms with E-state index in [9.17, 15) is 13.2 Å². The second kappa shape index (κ2) is 8.53. The Bertz CT molecular complexity index is 1050. The van der Waals surface area contributed by atoms with Crippen LogP contribution in [0.25, 0.3) is 0 Å². The molecule has 0 radical (unpaired) electrons. The van der Waals surface area contributed by atoms with Gasteiger partial charge in [0.25, 0.3) is 10.0 Å². The summed E-state index contributed by atoms with van der Waals surface area (Å²) < 4.78 is 27.6. The average Bonchev–Trinajstić information content (AvgIpc) is 2.69. The number of hydrogen-bond donors (Lipinski definition) is 3. The van der Waals surface area contributed by atoms with Gasteiger partial charge in [0.2, 0.25) is 0 Å². The van der Waals surface area contributed by atoms with Crippen molar-refractivity contribution in [3.63, 3.8) is 0 Å². The van der Waals surface area contributed by atoms with Gasteiger partial charge in [-0.25, -0.2) is 13.2 Å². The van der Waals surface area contributed by atoms with Crippen molar-refractivity contribution in [3.8, 4) is 0 Å². The van der Waals surface area contributed by atoms with Crippen molar-refractivity contribution in [2.45, 2.75) is 18.4 Å². The van der Waals surface area contributed by atoms with E-state index >= 15 is 0 Å². The Balaban J connectivity index is 1.61. The Kier molecular flexibility index (Phi) is 5.90. The number of hydrogen-bond acceptors (Lipinski definition) is 4. The number of aryl methyl sites for hydroxylation is 1. The van der Waals surface area contributed by atoms with Crippen molar-refractivity contribution >= 4 is 27.4 Å². The van der Waals surface area contributed by atoms with Gasteiger partial charge in [0.05, 0.1) is 10.6 Å². The maximum absolute atomic E-state index is 12.5. The van der Waals surface area contributed by atoms with Gasteiger partial charge >= 0.3 is 6.03 Å². The van der Waals surface area contributed by atoms with Crippen molar-refractivity contribution in [3.05, 3.63) is 84.2 Å². The van der Waals surface area contributed by atoms with Crippen LogP contribution in [0.15, 0.2) is 78.0 Å². The number of nitrogens with zero attached hydrogens (tertiary/aromatic N) is 1. The number of para-hydroxylation sites is 1. The quantitative estimate of drug-likeness (QED) is 0.593. The highest BCUT2D eigenvalue weighted by Crippen LogP contribution is 2.20. The molecule has 0 aliphatic heterocycles. The first-order chi connectivity index (χ1) is 13.4. The molecule has 144 valence electrons. The van der Waals surface area contributed by atoms with Crippen LogP contribution >= 0.6 is 0 Å². The first-order valence-corrected chi connectivity index (χ1v) is 10.0. The van der Waals surface area contributed by atoms with Crippen molar-refractivity contribution in [1.82, 2.24) is 10.3 Å². The predicted octanol–water partition coefficient (Wildman–Crippen LogP) is 3.51. The molecule has 3 rings (SSSR count). The van der Waals surface area contributed by atoms with E-state index in [4.69, 9.17) is 0 Å². The number of anilines is 2. The van der Waals surface area contributed by atoms with Crippen molar-refractivity contribution in [1.29, 1.82) is 0 Å². The largest absolute Gasteiger partial charge is 0.334 e. The fourth-order valence-corrected chi connectivity index (χ4v) is 3.60. The molecule has 3 aromatic rings. The molecule has 0 aliphatic rings. The van der Waals surface area contributed by atoms with E-state index in [1.807, 2.05) is 25.1 Å². The summed E-state index contributed by atoms with van der Waals surface area (Å²) in [6.45, 7) is 2.17. The van der Waals surface area contributed by atoms with Crippen LogP contribution in [0.4, 0.5) is 16.2 Å². The van der Waals surface area contributed by atoms with Crippen LogP contribution < -0.4 is 15.4 Å². The van der Waals surface area contributed by atoms with Crippen LogP contribution in [-0.2, 0) is 16.6 Å². The Labute approximate surface area is 163 Å². The number of sulfonamides is 1. The van der Waals surface area contributed by atoms with Crippen LogP contribution in [0, 0.1) is 6.92 Å². The van der Waals surface area contributed by atoms with Crippen molar-refractivity contribution < 1.29 is 13.2 Å². The molecule has 0 aliphatic carbocycles. The second-order valence-corrected chi connectivity index (χ2v) is 7.80. The maximum Gasteiger partial charge on any atom is 0.319 e. The molecule has 2 aromatic carbocycles. The lowest BCUT2D eigenvalue weighted by Crippen LogP contribution is -2.28. The highest BCUT2D eigenvalue weighted by molar-refractivity contribution is 7.92. The van der Waals surface area contributed by atoms with Gasteiger partial charge in [-0.05, 0) is 54.4 Å². The van der Waals surface area contributed by atoms with Gasteiger partial charge in [0.1, 0.15) is 0 Å². The second-order valence-electron chi connectivity index (χ2n) is 6.11. The van der Waals surface area contributed by atoms with Crippen LogP contribution in [-0.4, -0.2) is 19.4 Å². The minimum Gasteiger partial charge on any atom is -0.334 e. The molecule has 0 saturated heterocycles. The zero-order chi connectivity index (χ0) is 20.0. The Morgan fingerprint density at radius 2 is 1.75 bits per heavy atom. The zero-order valence-electron chi connectivity index (χ0n) is 15.2. The molecule has 28 heavy (non-hydrogen) atoms. The van der Waals surface area contributed by atoms with Crippen LogP contribution in [0.5, 0.6) is 0 Å². The number of carbonyl (C=O) groups excluding carboxylic acids is 1. The summed E-state index contributed by atoms with van der Waals surface area (Å²) in [5, 5.41) is 5.37. The molecule has 0 spiro atoms. The number of carbonyl (C=O) groups is 1. The summed E-state index contributed by atoms with van der Waals surface area (Å²) >= 11 is 0. The Morgan fingerprint density at radius 1 is 1.00 bits per heavy atom. The lowest BCUT2D eigenvalue weighted by molar-refractivity contribution is 0.251. The molecule has 8 heteroatoms. The van der Waals surface area contributed by atoms with E-state index in [0.717, 1.165) is 11.1 Å². The van der Waals surface area contributed by atoms with E-state index in [0.29, 0.717) is 17.9 Å². The van der Waals surface area contributed by atoms with Gasteiger partial charge in [0.15, 0.2) is 0 Å². The zero-order valence-corrected chi connectivity index (χ0v) is 16.0. The highest BCUT2D eigenvalue weighted by Gasteiger charge is 2.15. The maximum atomic E-state index is 12.5. The fourth-order valence-electron chi connectivity index (χ4n) is 2.47. The van der Waals surface area contributed by atoms with E-state index in [-0.39, 0.29) is 4.90 Å². The number of nitrogens with one attached hydrogen (secondary N) is 3. The number of rotatable bonds is 6. The molecule has 0 bridgehead atoms. The van der Waals surface area contributed by atoms with Gasteiger partial charge in [-0.15, -0.1) is 0 Å². The molecule has 0 saturated carbocycles. The van der Waals surface area contributed by atoms with Crippen molar-refractivity contribution in [2.24, 2.45) is 0 Å². The van der Waals surface area contributed by atoms with E-state index < -0.39 is 16.1 Å². The van der Waals surface area contributed by atoms with E-state index in [1.165, 1.54) is 24.3 Å². The normalized spacial score (nSPS) is 10.9. The monoisotopic (exact) mass is 396 g/mol. The molecule has 0 unspecified atom stereocenters.